The lowest BCUT2D eigenvalue weighted by Gasteiger charge is -2.09. The van der Waals surface area contributed by atoms with Gasteiger partial charge >= 0.3 is 0 Å². The summed E-state index contributed by atoms with van der Waals surface area (Å²) in [5.41, 5.74) is 6.08. The van der Waals surface area contributed by atoms with Crippen molar-refractivity contribution in [2.24, 2.45) is 0 Å². The third kappa shape index (κ3) is 4.08. The molecule has 116 valence electrons. The molecule has 0 spiro atoms. The average molecular weight is 304 g/mol. The number of nitrogens with zero attached hydrogens (tertiary/aromatic N) is 1. The highest BCUT2D eigenvalue weighted by Gasteiger charge is 2.11. The fraction of sp³-hybridized carbons (Fsp3) is 0.200. The second kappa shape index (κ2) is 6.93. The van der Waals surface area contributed by atoms with Crippen LogP contribution in [0, 0.1) is 39.0 Å². The molecule has 0 fully saturated rings. The Balaban J connectivity index is 2.26. The zero-order valence-corrected chi connectivity index (χ0v) is 13.9. The molecule has 0 aromatic heterocycles. The van der Waals surface area contributed by atoms with Gasteiger partial charge in [-0.1, -0.05) is 35.9 Å². The van der Waals surface area contributed by atoms with Crippen molar-refractivity contribution in [3.05, 3.63) is 69.8 Å². The average Bonchev–Trinajstić information content (AvgIpc) is 2.51. The Bertz CT molecular complexity index is 826. The molecule has 2 aromatic carbocycles. The van der Waals surface area contributed by atoms with Gasteiger partial charge in [0.2, 0.25) is 0 Å². The first-order chi connectivity index (χ1) is 10.9. The van der Waals surface area contributed by atoms with E-state index < -0.39 is 5.91 Å². The highest BCUT2D eigenvalue weighted by atomic mass is 16.1. The molecule has 2 rings (SSSR count). The van der Waals surface area contributed by atoms with E-state index in [4.69, 9.17) is 0 Å². The molecule has 0 saturated carbocycles. The molecule has 3 heteroatoms. The fourth-order valence-corrected chi connectivity index (χ4v) is 2.31. The van der Waals surface area contributed by atoms with Crippen molar-refractivity contribution in [3.63, 3.8) is 0 Å². The van der Waals surface area contributed by atoms with E-state index in [2.05, 4.69) is 5.32 Å². The van der Waals surface area contributed by atoms with E-state index in [9.17, 15) is 10.1 Å². The molecule has 1 amide bonds. The molecular weight excluding hydrogens is 284 g/mol. The Labute approximate surface area is 137 Å². The number of carbonyl (C=O) groups excluding carboxylic acids is 1. The summed E-state index contributed by atoms with van der Waals surface area (Å²) in [5, 5.41) is 12.1. The summed E-state index contributed by atoms with van der Waals surface area (Å²) in [6.07, 6.45) is 1.62. The van der Waals surface area contributed by atoms with Crippen LogP contribution in [0.4, 0.5) is 5.69 Å². The molecule has 0 heterocycles. The van der Waals surface area contributed by atoms with Crippen LogP contribution in [0.25, 0.3) is 6.08 Å². The van der Waals surface area contributed by atoms with E-state index in [-0.39, 0.29) is 5.57 Å². The van der Waals surface area contributed by atoms with Gasteiger partial charge in [0.1, 0.15) is 11.6 Å². The molecule has 23 heavy (non-hydrogen) atoms. The van der Waals surface area contributed by atoms with E-state index in [1.54, 1.807) is 6.08 Å². The lowest BCUT2D eigenvalue weighted by Crippen LogP contribution is -2.14. The van der Waals surface area contributed by atoms with Crippen molar-refractivity contribution in [2.75, 3.05) is 5.32 Å². The number of nitriles is 1. The molecule has 3 nitrogen and oxygen atoms in total. The van der Waals surface area contributed by atoms with E-state index in [0.717, 1.165) is 27.9 Å². The summed E-state index contributed by atoms with van der Waals surface area (Å²) in [5.74, 6) is -0.391. The van der Waals surface area contributed by atoms with Gasteiger partial charge in [0.15, 0.2) is 0 Å². The topological polar surface area (TPSA) is 52.9 Å². The Morgan fingerprint density at radius 1 is 1.00 bits per heavy atom. The van der Waals surface area contributed by atoms with Gasteiger partial charge < -0.3 is 5.32 Å². The van der Waals surface area contributed by atoms with Gasteiger partial charge in [0.05, 0.1) is 0 Å². The maximum Gasteiger partial charge on any atom is 0.266 e. The number of amides is 1. The van der Waals surface area contributed by atoms with Gasteiger partial charge in [-0.15, -0.1) is 0 Å². The maximum absolute atomic E-state index is 12.3. The first kappa shape index (κ1) is 16.5. The van der Waals surface area contributed by atoms with E-state index >= 15 is 0 Å². The minimum Gasteiger partial charge on any atom is -0.321 e. The lowest BCUT2D eigenvalue weighted by atomic mass is 10.0. The molecule has 0 bridgehead atoms. The van der Waals surface area contributed by atoms with Crippen LogP contribution in [0.5, 0.6) is 0 Å². The van der Waals surface area contributed by atoms with Crippen LogP contribution >= 0.6 is 0 Å². The number of carbonyl (C=O) groups is 1. The van der Waals surface area contributed by atoms with Crippen LogP contribution in [-0.2, 0) is 4.79 Å². The van der Waals surface area contributed by atoms with Gasteiger partial charge in [-0.05, 0) is 62.1 Å². The smallest absolute Gasteiger partial charge is 0.266 e. The molecule has 0 aliphatic carbocycles. The largest absolute Gasteiger partial charge is 0.321 e. The minimum atomic E-state index is -0.391. The van der Waals surface area contributed by atoms with Crippen molar-refractivity contribution in [1.29, 1.82) is 5.26 Å². The normalized spacial score (nSPS) is 11.0. The van der Waals surface area contributed by atoms with Crippen LogP contribution < -0.4 is 5.32 Å². The minimum absolute atomic E-state index is 0.0910. The highest BCUT2D eigenvalue weighted by molar-refractivity contribution is 6.10. The molecule has 0 radical (unpaired) electrons. The zero-order chi connectivity index (χ0) is 17.0. The van der Waals surface area contributed by atoms with Gasteiger partial charge in [-0.3, -0.25) is 4.79 Å². The molecule has 1 N–H and O–H groups in total. The third-order valence-electron chi connectivity index (χ3n) is 3.84. The summed E-state index contributed by atoms with van der Waals surface area (Å²) >= 11 is 0. The number of hydrogen-bond acceptors (Lipinski definition) is 2. The summed E-state index contributed by atoms with van der Waals surface area (Å²) < 4.78 is 0. The fourth-order valence-electron chi connectivity index (χ4n) is 2.31. The number of anilines is 1. The number of rotatable bonds is 3. The van der Waals surface area contributed by atoms with E-state index in [1.165, 1.54) is 5.56 Å². The number of nitrogens with one attached hydrogen (secondary N) is 1. The first-order valence-electron chi connectivity index (χ1n) is 7.48. The van der Waals surface area contributed by atoms with Crippen molar-refractivity contribution in [1.82, 2.24) is 0 Å². The third-order valence-corrected chi connectivity index (χ3v) is 3.84. The van der Waals surface area contributed by atoms with Crippen molar-refractivity contribution >= 4 is 17.7 Å². The Morgan fingerprint density at radius 2 is 1.74 bits per heavy atom. The van der Waals surface area contributed by atoms with Gasteiger partial charge in [0, 0.05) is 5.69 Å². The second-order valence-corrected chi connectivity index (χ2v) is 5.79. The van der Waals surface area contributed by atoms with Gasteiger partial charge in [-0.2, -0.15) is 5.26 Å². The molecular formula is C20H20N2O. The van der Waals surface area contributed by atoms with Gasteiger partial charge in [-0.25, -0.2) is 0 Å². The second-order valence-electron chi connectivity index (χ2n) is 5.79. The molecule has 0 atom stereocenters. The van der Waals surface area contributed by atoms with Crippen LogP contribution in [0.15, 0.2) is 42.0 Å². The Hall–Kier alpha value is -2.86. The summed E-state index contributed by atoms with van der Waals surface area (Å²) in [6.45, 7) is 7.97. The predicted molar refractivity (Wildman–Crippen MR) is 94.1 cm³/mol. The predicted octanol–water partition coefficient (Wildman–Crippen LogP) is 4.47. The molecule has 2 aromatic rings. The van der Waals surface area contributed by atoms with E-state index in [0.29, 0.717) is 0 Å². The molecule has 0 aliphatic heterocycles. The number of benzene rings is 2. The van der Waals surface area contributed by atoms with Crippen molar-refractivity contribution < 1.29 is 4.79 Å². The zero-order valence-electron chi connectivity index (χ0n) is 13.9. The molecule has 0 aliphatic rings. The van der Waals surface area contributed by atoms with Gasteiger partial charge in [0.25, 0.3) is 5.91 Å². The van der Waals surface area contributed by atoms with Crippen molar-refractivity contribution in [3.8, 4) is 6.07 Å². The summed E-state index contributed by atoms with van der Waals surface area (Å²) in [4.78, 5) is 12.3. The molecule has 0 unspecified atom stereocenters. The Kier molecular flexibility index (Phi) is 4.98. The van der Waals surface area contributed by atoms with Crippen LogP contribution in [-0.4, -0.2) is 5.91 Å². The molecule has 0 saturated heterocycles. The first-order valence-corrected chi connectivity index (χ1v) is 7.48. The maximum atomic E-state index is 12.3. The number of aryl methyl sites for hydroxylation is 4. The van der Waals surface area contributed by atoms with Crippen molar-refractivity contribution in [2.45, 2.75) is 27.7 Å². The SMILES string of the molecule is Cc1ccc(NC(=O)/C(C#N)=C/c2ccc(C)c(C)c2)c(C)c1. The number of hydrogen-bond donors (Lipinski definition) is 1. The van der Waals surface area contributed by atoms with Crippen LogP contribution in [0.1, 0.15) is 27.8 Å². The Morgan fingerprint density at radius 3 is 2.35 bits per heavy atom. The monoisotopic (exact) mass is 304 g/mol. The van der Waals surface area contributed by atoms with Crippen LogP contribution in [0.3, 0.4) is 0 Å². The highest BCUT2D eigenvalue weighted by Crippen LogP contribution is 2.18. The standard InChI is InChI=1S/C20H20N2O/c1-13-5-8-19(16(4)9-13)22-20(23)18(12-21)11-17-7-6-14(2)15(3)10-17/h5-11H,1-4H3,(H,22,23)/b18-11+. The lowest BCUT2D eigenvalue weighted by molar-refractivity contribution is -0.112. The quantitative estimate of drug-likeness (QED) is 0.672. The summed E-state index contributed by atoms with van der Waals surface area (Å²) in [7, 11) is 0. The van der Waals surface area contributed by atoms with Crippen LogP contribution in [0.2, 0.25) is 0 Å². The summed E-state index contributed by atoms with van der Waals surface area (Å²) in [6, 6.07) is 13.6. The van der Waals surface area contributed by atoms with E-state index in [1.807, 2.05) is 70.2 Å².